The van der Waals surface area contributed by atoms with Gasteiger partial charge in [0, 0.05) is 28.8 Å². The first-order valence-corrected chi connectivity index (χ1v) is 11.1. The maximum atomic E-state index is 14.0. The van der Waals surface area contributed by atoms with E-state index in [9.17, 15) is 22.4 Å². The molecule has 0 fully saturated rings. The summed E-state index contributed by atoms with van der Waals surface area (Å²) in [6.45, 7) is -0.0891. The number of aromatic nitrogens is 1. The minimum absolute atomic E-state index is 0.0232. The molecule has 0 unspecified atom stereocenters. The normalized spacial score (nSPS) is 11.5. The van der Waals surface area contributed by atoms with Gasteiger partial charge in [-0.3, -0.25) is 4.79 Å². The molecule has 0 bridgehead atoms. The number of alkyl halides is 4. The van der Waals surface area contributed by atoms with E-state index in [0.29, 0.717) is 16.7 Å². The van der Waals surface area contributed by atoms with Crippen LogP contribution < -0.4 is 10.1 Å². The summed E-state index contributed by atoms with van der Waals surface area (Å²) in [6.07, 6.45) is -0.373. The van der Waals surface area contributed by atoms with Crippen LogP contribution in [0, 0.1) is 6.92 Å². The van der Waals surface area contributed by atoms with Crippen LogP contribution in [0.1, 0.15) is 35.2 Å². The van der Waals surface area contributed by atoms with Crippen molar-refractivity contribution < 1.29 is 31.5 Å². The molecule has 0 aliphatic rings. The number of amides is 1. The van der Waals surface area contributed by atoms with E-state index in [1.807, 2.05) is 0 Å². The minimum atomic E-state index is -3.02. The Balaban J connectivity index is 1.64. The summed E-state index contributed by atoms with van der Waals surface area (Å²) in [7, 11) is 0. The van der Waals surface area contributed by atoms with E-state index in [4.69, 9.17) is 4.42 Å². The molecule has 4 aromatic rings. The van der Waals surface area contributed by atoms with Crippen LogP contribution in [0.2, 0.25) is 0 Å². The second-order valence-electron chi connectivity index (χ2n) is 7.97. The Labute approximate surface area is 204 Å². The number of anilines is 1. The lowest BCUT2D eigenvalue weighted by Crippen LogP contribution is -2.15. The van der Waals surface area contributed by atoms with Gasteiger partial charge in [-0.2, -0.15) is 8.78 Å². The van der Waals surface area contributed by atoms with Gasteiger partial charge in [0.2, 0.25) is 5.89 Å². The van der Waals surface area contributed by atoms with Gasteiger partial charge >= 0.3 is 6.61 Å². The van der Waals surface area contributed by atoms with E-state index in [-0.39, 0.29) is 40.8 Å². The van der Waals surface area contributed by atoms with Gasteiger partial charge < -0.3 is 14.5 Å². The van der Waals surface area contributed by atoms with Crippen molar-refractivity contribution in [3.8, 4) is 28.3 Å². The summed E-state index contributed by atoms with van der Waals surface area (Å²) in [5, 5.41) is 2.57. The Morgan fingerprint density at radius 2 is 1.78 bits per heavy atom. The second-order valence-corrected chi connectivity index (χ2v) is 7.97. The number of nitrogens with one attached hydrogen (secondary N) is 1. The fourth-order valence-electron chi connectivity index (χ4n) is 3.65. The summed E-state index contributed by atoms with van der Waals surface area (Å²) < 4.78 is 64.3. The van der Waals surface area contributed by atoms with Crippen LogP contribution in [0.15, 0.2) is 77.2 Å². The van der Waals surface area contributed by atoms with Crippen molar-refractivity contribution in [3.63, 3.8) is 0 Å². The number of nitrogens with zero attached hydrogens (tertiary/aromatic N) is 1. The molecule has 0 saturated carbocycles. The van der Waals surface area contributed by atoms with Crippen molar-refractivity contribution in [2.45, 2.75) is 32.8 Å². The van der Waals surface area contributed by atoms with Crippen LogP contribution in [-0.4, -0.2) is 17.5 Å². The number of hydrogen-bond donors (Lipinski definition) is 1. The van der Waals surface area contributed by atoms with Crippen LogP contribution >= 0.6 is 0 Å². The maximum Gasteiger partial charge on any atom is 0.387 e. The average molecular weight is 498 g/mol. The molecule has 0 atom stereocenters. The summed E-state index contributed by atoms with van der Waals surface area (Å²) in [5.41, 5.74) is 1.41. The highest BCUT2D eigenvalue weighted by molar-refractivity contribution is 6.03. The van der Waals surface area contributed by atoms with Gasteiger partial charge in [-0.25, -0.2) is 13.8 Å². The number of oxazole rings is 1. The molecule has 0 saturated heterocycles. The average Bonchev–Trinajstić information content (AvgIpc) is 3.26. The molecular weight excluding hydrogens is 476 g/mol. The van der Waals surface area contributed by atoms with E-state index in [0.717, 1.165) is 0 Å². The molecule has 0 spiro atoms. The van der Waals surface area contributed by atoms with E-state index in [2.05, 4.69) is 15.0 Å². The number of carbonyl (C=O) groups excluding carboxylic acids is 1. The number of aryl methyl sites for hydroxylation is 1. The number of hydrogen-bond acceptors (Lipinski definition) is 4. The highest BCUT2D eigenvalue weighted by atomic mass is 19.3. The molecular formula is C27H22F4N2O3. The third-order valence-corrected chi connectivity index (χ3v) is 5.53. The minimum Gasteiger partial charge on any atom is -0.441 e. The first-order chi connectivity index (χ1) is 17.2. The van der Waals surface area contributed by atoms with Crippen molar-refractivity contribution in [2.24, 2.45) is 0 Å². The number of rotatable bonds is 8. The summed E-state index contributed by atoms with van der Waals surface area (Å²) in [6, 6.07) is 18.7. The molecule has 0 aliphatic heterocycles. The molecule has 0 aliphatic carbocycles. The smallest absolute Gasteiger partial charge is 0.387 e. The predicted molar refractivity (Wildman–Crippen MR) is 127 cm³/mol. The van der Waals surface area contributed by atoms with Crippen molar-refractivity contribution in [1.29, 1.82) is 0 Å². The fourth-order valence-corrected chi connectivity index (χ4v) is 3.65. The van der Waals surface area contributed by atoms with E-state index < -0.39 is 18.4 Å². The summed E-state index contributed by atoms with van der Waals surface area (Å²) in [5.74, 6) is -3.39. The van der Waals surface area contributed by atoms with E-state index in [1.165, 1.54) is 43.3 Å². The van der Waals surface area contributed by atoms with Crippen LogP contribution in [0.25, 0.3) is 22.6 Å². The van der Waals surface area contributed by atoms with Crippen LogP contribution in [0.3, 0.4) is 0 Å². The van der Waals surface area contributed by atoms with Gasteiger partial charge in [-0.15, -0.1) is 0 Å². The lowest BCUT2D eigenvalue weighted by atomic mass is 10.0. The standard InChI is InChI=1S/C27H22F4N2O3/c1-3-27(30,31)19-10-7-11-20(15-19)32-24(34)23-16(2)35-25(33-23)18-12-13-22(36-26(28)29)21(14-18)17-8-5-4-6-9-17/h4-15,26H,3H2,1-2H3,(H,32,34). The molecule has 1 amide bonds. The van der Waals surface area contributed by atoms with Gasteiger partial charge in [0.25, 0.3) is 11.8 Å². The third kappa shape index (κ3) is 5.40. The lowest BCUT2D eigenvalue weighted by Gasteiger charge is -2.15. The zero-order chi connectivity index (χ0) is 25.9. The zero-order valence-corrected chi connectivity index (χ0v) is 19.4. The number of halogens is 4. The van der Waals surface area contributed by atoms with Crippen molar-refractivity contribution in [2.75, 3.05) is 5.32 Å². The summed E-state index contributed by atoms with van der Waals surface area (Å²) >= 11 is 0. The molecule has 1 heterocycles. The van der Waals surface area contributed by atoms with Gasteiger partial charge in [0.05, 0.1) is 0 Å². The monoisotopic (exact) mass is 498 g/mol. The van der Waals surface area contributed by atoms with Gasteiger partial charge in [-0.1, -0.05) is 49.4 Å². The van der Waals surface area contributed by atoms with Crippen LogP contribution in [0.4, 0.5) is 23.2 Å². The molecule has 186 valence electrons. The van der Waals surface area contributed by atoms with Crippen molar-refractivity contribution in [1.82, 2.24) is 4.98 Å². The Morgan fingerprint density at radius 3 is 2.47 bits per heavy atom. The Morgan fingerprint density at radius 1 is 1.03 bits per heavy atom. The number of benzene rings is 3. The van der Waals surface area contributed by atoms with Crippen LogP contribution in [0.5, 0.6) is 5.75 Å². The molecule has 1 N–H and O–H groups in total. The van der Waals surface area contributed by atoms with E-state index in [1.54, 1.807) is 43.3 Å². The van der Waals surface area contributed by atoms with Gasteiger partial charge in [0.1, 0.15) is 11.5 Å². The SMILES string of the molecule is CCC(F)(F)c1cccc(NC(=O)c2nc(-c3ccc(OC(F)F)c(-c4ccccc4)c3)oc2C)c1. The predicted octanol–water partition coefficient (Wildman–Crippen LogP) is 7.67. The second kappa shape index (κ2) is 10.2. The zero-order valence-electron chi connectivity index (χ0n) is 19.4. The lowest BCUT2D eigenvalue weighted by molar-refractivity contribution is -0.0494. The Kier molecular flexibility index (Phi) is 7.10. The van der Waals surface area contributed by atoms with Crippen molar-refractivity contribution in [3.05, 3.63) is 89.8 Å². The quantitative estimate of drug-likeness (QED) is 0.253. The Bertz CT molecular complexity index is 1370. The van der Waals surface area contributed by atoms with Gasteiger partial charge in [0.15, 0.2) is 5.69 Å². The summed E-state index contributed by atoms with van der Waals surface area (Å²) in [4.78, 5) is 17.1. The largest absolute Gasteiger partial charge is 0.441 e. The molecule has 3 aromatic carbocycles. The highest BCUT2D eigenvalue weighted by Gasteiger charge is 2.29. The highest BCUT2D eigenvalue weighted by Crippen LogP contribution is 2.36. The van der Waals surface area contributed by atoms with Gasteiger partial charge in [-0.05, 0) is 42.8 Å². The molecule has 36 heavy (non-hydrogen) atoms. The molecule has 5 nitrogen and oxygen atoms in total. The molecule has 1 aromatic heterocycles. The molecule has 9 heteroatoms. The Hall–Kier alpha value is -4.14. The van der Waals surface area contributed by atoms with Crippen molar-refractivity contribution >= 4 is 11.6 Å². The first-order valence-electron chi connectivity index (χ1n) is 11.1. The van der Waals surface area contributed by atoms with Crippen LogP contribution in [-0.2, 0) is 5.92 Å². The molecule has 0 radical (unpaired) electrons. The fraction of sp³-hybridized carbons (Fsp3) is 0.185. The third-order valence-electron chi connectivity index (χ3n) is 5.53. The topological polar surface area (TPSA) is 64.4 Å². The van der Waals surface area contributed by atoms with E-state index >= 15 is 0 Å². The number of ether oxygens (including phenoxy) is 1. The molecule has 4 rings (SSSR count). The first kappa shape index (κ1) is 25.0. The maximum absolute atomic E-state index is 14.0. The number of carbonyl (C=O) groups is 1.